The number of phenols is 1. The SMILES string of the molecule is N#Cc1cc(C2CCCN2)cc(F)c1O. The highest BCUT2D eigenvalue weighted by molar-refractivity contribution is 5.46. The maximum atomic E-state index is 13.3. The molecule has 1 fully saturated rings. The number of rotatable bonds is 1. The van der Waals surface area contributed by atoms with Gasteiger partial charge in [-0.2, -0.15) is 5.26 Å². The van der Waals surface area contributed by atoms with E-state index in [1.54, 1.807) is 12.1 Å². The van der Waals surface area contributed by atoms with E-state index < -0.39 is 11.6 Å². The summed E-state index contributed by atoms with van der Waals surface area (Å²) in [5.41, 5.74) is 0.734. The number of hydrogen-bond donors (Lipinski definition) is 2. The van der Waals surface area contributed by atoms with E-state index in [0.29, 0.717) is 0 Å². The van der Waals surface area contributed by atoms with E-state index in [9.17, 15) is 9.50 Å². The van der Waals surface area contributed by atoms with Gasteiger partial charge in [0.1, 0.15) is 6.07 Å². The Hall–Kier alpha value is -1.60. The highest BCUT2D eigenvalue weighted by Crippen LogP contribution is 2.29. The molecule has 2 N–H and O–H groups in total. The second kappa shape index (κ2) is 3.87. The van der Waals surface area contributed by atoms with Crippen molar-refractivity contribution >= 4 is 0 Å². The summed E-state index contributed by atoms with van der Waals surface area (Å²) in [6.07, 6.45) is 1.99. The zero-order chi connectivity index (χ0) is 10.8. The van der Waals surface area contributed by atoms with Crippen LogP contribution in [0.2, 0.25) is 0 Å². The Bertz CT molecular complexity index is 419. The summed E-state index contributed by atoms with van der Waals surface area (Å²) in [7, 11) is 0. The monoisotopic (exact) mass is 206 g/mol. The van der Waals surface area contributed by atoms with Crippen molar-refractivity contribution in [1.82, 2.24) is 5.32 Å². The molecule has 1 unspecified atom stereocenters. The number of aromatic hydroxyl groups is 1. The van der Waals surface area contributed by atoms with Crippen LogP contribution in [0.4, 0.5) is 4.39 Å². The minimum Gasteiger partial charge on any atom is -0.504 e. The first-order chi connectivity index (χ1) is 7.22. The summed E-state index contributed by atoms with van der Waals surface area (Å²) in [6.45, 7) is 0.912. The molecule has 1 aliphatic rings. The maximum Gasteiger partial charge on any atom is 0.169 e. The molecule has 0 aromatic heterocycles. The van der Waals surface area contributed by atoms with Gasteiger partial charge >= 0.3 is 0 Å². The fraction of sp³-hybridized carbons (Fsp3) is 0.364. The molecule has 15 heavy (non-hydrogen) atoms. The molecule has 3 nitrogen and oxygen atoms in total. The molecule has 0 amide bonds. The third kappa shape index (κ3) is 1.79. The van der Waals surface area contributed by atoms with Crippen molar-refractivity contribution in [2.75, 3.05) is 6.54 Å². The number of hydrogen-bond acceptors (Lipinski definition) is 3. The molecule has 1 heterocycles. The van der Waals surface area contributed by atoms with Crippen LogP contribution in [-0.2, 0) is 0 Å². The fourth-order valence-corrected chi connectivity index (χ4v) is 1.88. The van der Waals surface area contributed by atoms with Gasteiger partial charge < -0.3 is 10.4 Å². The van der Waals surface area contributed by atoms with Crippen LogP contribution < -0.4 is 5.32 Å². The Balaban J connectivity index is 2.41. The predicted octanol–water partition coefficient (Wildman–Crippen LogP) is 1.83. The van der Waals surface area contributed by atoms with Gasteiger partial charge in [-0.1, -0.05) is 0 Å². The highest BCUT2D eigenvalue weighted by atomic mass is 19.1. The summed E-state index contributed by atoms with van der Waals surface area (Å²) < 4.78 is 13.3. The molecule has 4 heteroatoms. The Morgan fingerprint density at radius 1 is 1.53 bits per heavy atom. The summed E-state index contributed by atoms with van der Waals surface area (Å²) in [5.74, 6) is -1.28. The van der Waals surface area contributed by atoms with Gasteiger partial charge in [0, 0.05) is 6.04 Å². The van der Waals surface area contributed by atoms with E-state index in [4.69, 9.17) is 5.26 Å². The van der Waals surface area contributed by atoms with Crippen LogP contribution in [0.15, 0.2) is 12.1 Å². The van der Waals surface area contributed by atoms with Gasteiger partial charge in [0.15, 0.2) is 11.6 Å². The van der Waals surface area contributed by atoms with Crippen molar-refractivity contribution in [3.05, 3.63) is 29.1 Å². The van der Waals surface area contributed by atoms with Crippen molar-refractivity contribution in [3.63, 3.8) is 0 Å². The first kappa shape index (κ1) is 9.94. The van der Waals surface area contributed by atoms with E-state index in [-0.39, 0.29) is 11.6 Å². The lowest BCUT2D eigenvalue weighted by atomic mass is 10.0. The van der Waals surface area contributed by atoms with Crippen molar-refractivity contribution in [3.8, 4) is 11.8 Å². The number of nitriles is 1. The summed E-state index contributed by atoms with van der Waals surface area (Å²) >= 11 is 0. The lowest BCUT2D eigenvalue weighted by Crippen LogP contribution is -2.13. The quantitative estimate of drug-likeness (QED) is 0.737. The van der Waals surface area contributed by atoms with Crippen molar-refractivity contribution < 1.29 is 9.50 Å². The molecule has 0 radical (unpaired) electrons. The van der Waals surface area contributed by atoms with Gasteiger partial charge in [-0.15, -0.1) is 0 Å². The second-order valence-corrected chi connectivity index (χ2v) is 3.66. The minimum absolute atomic E-state index is 0.00120. The van der Waals surface area contributed by atoms with E-state index in [2.05, 4.69) is 5.32 Å². The minimum atomic E-state index is -0.724. The van der Waals surface area contributed by atoms with Crippen molar-refractivity contribution in [2.45, 2.75) is 18.9 Å². The molecule has 0 saturated carbocycles. The molecule has 78 valence electrons. The van der Waals surface area contributed by atoms with Crippen LogP contribution in [-0.4, -0.2) is 11.7 Å². The lowest BCUT2D eigenvalue weighted by Gasteiger charge is -2.11. The van der Waals surface area contributed by atoms with Crippen LogP contribution in [0.5, 0.6) is 5.75 Å². The fourth-order valence-electron chi connectivity index (χ4n) is 1.88. The molecule has 1 aliphatic heterocycles. The van der Waals surface area contributed by atoms with Gasteiger partial charge in [-0.3, -0.25) is 0 Å². The molecule has 1 atom stereocenters. The summed E-state index contributed by atoms with van der Waals surface area (Å²) in [4.78, 5) is 0. The third-order valence-electron chi connectivity index (χ3n) is 2.67. The number of halogens is 1. The Morgan fingerprint density at radius 2 is 2.33 bits per heavy atom. The molecule has 1 aromatic carbocycles. The Labute approximate surface area is 87.2 Å². The van der Waals surface area contributed by atoms with Gasteiger partial charge in [-0.05, 0) is 37.1 Å². The molecule has 1 aromatic rings. The first-order valence-corrected chi connectivity index (χ1v) is 4.88. The van der Waals surface area contributed by atoms with Gasteiger partial charge in [0.25, 0.3) is 0 Å². The normalized spacial score (nSPS) is 20.1. The van der Waals surface area contributed by atoms with Crippen molar-refractivity contribution in [2.24, 2.45) is 0 Å². The molecule has 0 aliphatic carbocycles. The molecule has 1 saturated heterocycles. The van der Waals surface area contributed by atoms with E-state index in [1.807, 2.05) is 0 Å². The van der Waals surface area contributed by atoms with Crippen LogP contribution in [0, 0.1) is 17.1 Å². The zero-order valence-corrected chi connectivity index (χ0v) is 8.13. The summed E-state index contributed by atoms with van der Waals surface area (Å²) in [5, 5.41) is 21.2. The summed E-state index contributed by atoms with van der Waals surface area (Å²) in [6, 6.07) is 4.72. The molecule has 0 spiro atoms. The average Bonchev–Trinajstić information content (AvgIpc) is 2.75. The second-order valence-electron chi connectivity index (χ2n) is 3.66. The van der Waals surface area contributed by atoms with Crippen LogP contribution in [0.25, 0.3) is 0 Å². The van der Waals surface area contributed by atoms with Crippen LogP contribution in [0.3, 0.4) is 0 Å². The van der Waals surface area contributed by atoms with E-state index >= 15 is 0 Å². The van der Waals surface area contributed by atoms with Crippen LogP contribution in [0.1, 0.15) is 30.0 Å². The van der Waals surface area contributed by atoms with E-state index in [0.717, 1.165) is 24.9 Å². The molecular weight excluding hydrogens is 195 g/mol. The number of phenolic OH excluding ortho intramolecular Hbond substituents is 1. The van der Waals surface area contributed by atoms with Crippen LogP contribution >= 0.6 is 0 Å². The lowest BCUT2D eigenvalue weighted by molar-refractivity contribution is 0.429. The number of nitrogens with zero attached hydrogens (tertiary/aromatic N) is 1. The Morgan fingerprint density at radius 3 is 2.93 bits per heavy atom. The molecule has 0 bridgehead atoms. The number of nitrogens with one attached hydrogen (secondary N) is 1. The first-order valence-electron chi connectivity index (χ1n) is 4.88. The maximum absolute atomic E-state index is 13.3. The number of benzene rings is 1. The highest BCUT2D eigenvalue weighted by Gasteiger charge is 2.19. The van der Waals surface area contributed by atoms with E-state index in [1.165, 1.54) is 6.07 Å². The standard InChI is InChI=1S/C11H11FN2O/c12-9-5-7(10-2-1-3-14-10)4-8(6-13)11(9)15/h4-5,10,14-15H,1-3H2. The predicted molar refractivity (Wildman–Crippen MR) is 52.8 cm³/mol. The third-order valence-corrected chi connectivity index (χ3v) is 2.67. The van der Waals surface area contributed by atoms with Gasteiger partial charge in [0.05, 0.1) is 5.56 Å². The molecular formula is C11H11FN2O. The molecule has 2 rings (SSSR count). The van der Waals surface area contributed by atoms with Gasteiger partial charge in [-0.25, -0.2) is 4.39 Å². The topological polar surface area (TPSA) is 56.0 Å². The largest absolute Gasteiger partial charge is 0.504 e. The average molecular weight is 206 g/mol. The zero-order valence-electron chi connectivity index (χ0n) is 8.13. The van der Waals surface area contributed by atoms with Crippen molar-refractivity contribution in [1.29, 1.82) is 5.26 Å². The smallest absolute Gasteiger partial charge is 0.169 e. The Kier molecular flexibility index (Phi) is 2.57. The van der Waals surface area contributed by atoms with Gasteiger partial charge in [0.2, 0.25) is 0 Å².